The second-order valence-corrected chi connectivity index (χ2v) is 5.85. The van der Waals surface area contributed by atoms with Gasteiger partial charge in [-0.1, -0.05) is 41.5 Å². The molecule has 1 rings (SSSR count). The lowest BCUT2D eigenvalue weighted by Gasteiger charge is -2.19. The van der Waals surface area contributed by atoms with E-state index in [1.807, 2.05) is 0 Å². The Morgan fingerprint density at radius 1 is 0.500 bits per heavy atom. The Morgan fingerprint density at radius 3 is 0.875 bits per heavy atom. The third kappa shape index (κ3) is 6.49. The predicted molar refractivity (Wildman–Crippen MR) is 94.8 cm³/mol. The molecular formula is C18H33N3O3. The Hall–Kier alpha value is -1.59. The minimum atomic E-state index is 0.0781. The molecule has 1 aromatic rings. The van der Waals surface area contributed by atoms with Crippen molar-refractivity contribution in [2.75, 3.05) is 0 Å². The van der Waals surface area contributed by atoms with Crippen LogP contribution in [0.25, 0.3) is 0 Å². The molecule has 0 fully saturated rings. The standard InChI is InChI=1S/C18H33N3O3/c1-7-13(8-2)22-16-19-17(23-14(9-3)10-4)21-18(20-16)24-15(11-5)12-6/h13-15H,7-12H2,1-6H3. The van der Waals surface area contributed by atoms with Crippen molar-refractivity contribution in [2.45, 2.75) is 98.4 Å². The minimum absolute atomic E-state index is 0.0781. The first-order valence-electron chi connectivity index (χ1n) is 9.35. The van der Waals surface area contributed by atoms with Crippen molar-refractivity contribution in [3.63, 3.8) is 0 Å². The van der Waals surface area contributed by atoms with Crippen LogP contribution in [-0.2, 0) is 0 Å². The van der Waals surface area contributed by atoms with E-state index in [-0.39, 0.29) is 36.3 Å². The third-order valence-electron chi connectivity index (χ3n) is 4.12. The van der Waals surface area contributed by atoms with Gasteiger partial charge in [0.05, 0.1) is 0 Å². The van der Waals surface area contributed by atoms with Crippen LogP contribution in [0.15, 0.2) is 0 Å². The summed E-state index contributed by atoms with van der Waals surface area (Å²) in [7, 11) is 0. The molecule has 0 radical (unpaired) electrons. The zero-order valence-electron chi connectivity index (χ0n) is 16.0. The zero-order chi connectivity index (χ0) is 17.9. The van der Waals surface area contributed by atoms with Gasteiger partial charge in [0.25, 0.3) is 0 Å². The van der Waals surface area contributed by atoms with Crippen molar-refractivity contribution < 1.29 is 14.2 Å². The maximum absolute atomic E-state index is 5.87. The maximum Gasteiger partial charge on any atom is 0.326 e. The average molecular weight is 339 g/mol. The minimum Gasteiger partial charge on any atom is -0.460 e. The summed E-state index contributed by atoms with van der Waals surface area (Å²) < 4.78 is 17.6. The molecule has 0 aliphatic heterocycles. The highest BCUT2D eigenvalue weighted by molar-refractivity contribution is 5.10. The van der Waals surface area contributed by atoms with Crippen LogP contribution < -0.4 is 14.2 Å². The van der Waals surface area contributed by atoms with E-state index in [1.165, 1.54) is 0 Å². The van der Waals surface area contributed by atoms with Crippen molar-refractivity contribution in [2.24, 2.45) is 0 Å². The summed E-state index contributed by atoms with van der Waals surface area (Å²) in [5, 5.41) is 0. The SMILES string of the molecule is CCC(CC)Oc1nc(OC(CC)CC)nc(OC(CC)CC)n1. The Balaban J connectivity index is 3.03. The van der Waals surface area contributed by atoms with E-state index in [0.717, 1.165) is 38.5 Å². The van der Waals surface area contributed by atoms with Crippen LogP contribution in [0.5, 0.6) is 18.0 Å². The molecule has 0 aliphatic rings. The lowest BCUT2D eigenvalue weighted by atomic mass is 10.2. The van der Waals surface area contributed by atoms with E-state index < -0.39 is 0 Å². The molecule has 1 aromatic heterocycles. The maximum atomic E-state index is 5.87. The van der Waals surface area contributed by atoms with Crippen molar-refractivity contribution in [3.05, 3.63) is 0 Å². The summed E-state index contributed by atoms with van der Waals surface area (Å²) >= 11 is 0. The van der Waals surface area contributed by atoms with Crippen molar-refractivity contribution in [1.29, 1.82) is 0 Å². The molecule has 24 heavy (non-hydrogen) atoms. The zero-order valence-corrected chi connectivity index (χ0v) is 16.0. The first-order valence-corrected chi connectivity index (χ1v) is 9.35. The number of ether oxygens (including phenoxy) is 3. The van der Waals surface area contributed by atoms with Crippen molar-refractivity contribution >= 4 is 0 Å². The van der Waals surface area contributed by atoms with Crippen LogP contribution in [0.3, 0.4) is 0 Å². The van der Waals surface area contributed by atoms with Gasteiger partial charge in [-0.15, -0.1) is 15.0 Å². The van der Waals surface area contributed by atoms with Gasteiger partial charge >= 0.3 is 18.0 Å². The van der Waals surface area contributed by atoms with Crippen molar-refractivity contribution in [3.8, 4) is 18.0 Å². The highest BCUT2D eigenvalue weighted by atomic mass is 16.5. The van der Waals surface area contributed by atoms with Gasteiger partial charge < -0.3 is 14.2 Å². The second kappa shape index (κ2) is 11.0. The van der Waals surface area contributed by atoms with Crippen LogP contribution in [0.1, 0.15) is 80.1 Å². The molecule has 0 atom stereocenters. The van der Waals surface area contributed by atoms with E-state index >= 15 is 0 Å². The molecule has 6 nitrogen and oxygen atoms in total. The molecule has 0 amide bonds. The summed E-state index contributed by atoms with van der Waals surface area (Å²) in [6.45, 7) is 12.5. The first kappa shape index (κ1) is 20.5. The van der Waals surface area contributed by atoms with Crippen LogP contribution in [0.2, 0.25) is 0 Å². The van der Waals surface area contributed by atoms with Crippen LogP contribution in [-0.4, -0.2) is 33.3 Å². The van der Waals surface area contributed by atoms with Crippen LogP contribution in [0.4, 0.5) is 0 Å². The molecule has 6 heteroatoms. The number of hydrogen-bond donors (Lipinski definition) is 0. The monoisotopic (exact) mass is 339 g/mol. The highest BCUT2D eigenvalue weighted by Crippen LogP contribution is 2.21. The lowest BCUT2D eigenvalue weighted by molar-refractivity contribution is 0.135. The van der Waals surface area contributed by atoms with Gasteiger partial charge in [0.1, 0.15) is 18.3 Å². The molecular weight excluding hydrogens is 306 g/mol. The van der Waals surface area contributed by atoms with E-state index in [0.29, 0.717) is 0 Å². The van der Waals surface area contributed by atoms with Gasteiger partial charge in [0.2, 0.25) is 0 Å². The quantitative estimate of drug-likeness (QED) is 0.555. The highest BCUT2D eigenvalue weighted by Gasteiger charge is 2.17. The largest absolute Gasteiger partial charge is 0.460 e. The topological polar surface area (TPSA) is 66.4 Å². The van der Waals surface area contributed by atoms with E-state index in [4.69, 9.17) is 14.2 Å². The Labute approximate surface area is 146 Å². The van der Waals surface area contributed by atoms with Gasteiger partial charge in [-0.25, -0.2) is 0 Å². The molecule has 138 valence electrons. The fraction of sp³-hybridized carbons (Fsp3) is 0.833. The van der Waals surface area contributed by atoms with E-state index in [2.05, 4.69) is 56.5 Å². The summed E-state index contributed by atoms with van der Waals surface area (Å²) in [6, 6.07) is 0.835. The summed E-state index contributed by atoms with van der Waals surface area (Å²) in [5.74, 6) is 0. The van der Waals surface area contributed by atoms with Gasteiger partial charge in [-0.2, -0.15) is 0 Å². The molecule has 0 bridgehead atoms. The van der Waals surface area contributed by atoms with Gasteiger partial charge in [0.15, 0.2) is 0 Å². The van der Waals surface area contributed by atoms with Gasteiger partial charge in [0, 0.05) is 0 Å². The molecule has 1 heterocycles. The first-order chi connectivity index (χ1) is 11.6. The van der Waals surface area contributed by atoms with Crippen LogP contribution >= 0.6 is 0 Å². The Morgan fingerprint density at radius 2 is 0.708 bits per heavy atom. The molecule has 0 saturated carbocycles. The molecule has 0 N–H and O–H groups in total. The lowest BCUT2D eigenvalue weighted by Crippen LogP contribution is -2.21. The number of nitrogens with zero attached hydrogens (tertiary/aromatic N) is 3. The Bertz CT molecular complexity index is 380. The molecule has 0 aliphatic carbocycles. The Kier molecular flexibility index (Phi) is 9.42. The third-order valence-corrected chi connectivity index (χ3v) is 4.12. The molecule has 0 saturated heterocycles. The number of rotatable bonds is 12. The molecule has 0 unspecified atom stereocenters. The van der Waals surface area contributed by atoms with E-state index in [9.17, 15) is 0 Å². The van der Waals surface area contributed by atoms with E-state index in [1.54, 1.807) is 0 Å². The number of aromatic nitrogens is 3. The normalized spacial score (nSPS) is 11.4. The van der Waals surface area contributed by atoms with Crippen molar-refractivity contribution in [1.82, 2.24) is 15.0 Å². The fourth-order valence-electron chi connectivity index (χ4n) is 2.29. The predicted octanol–water partition coefficient (Wildman–Crippen LogP) is 4.57. The molecule has 0 aromatic carbocycles. The molecule has 0 spiro atoms. The second-order valence-electron chi connectivity index (χ2n) is 5.85. The number of hydrogen-bond acceptors (Lipinski definition) is 6. The summed E-state index contributed by atoms with van der Waals surface area (Å²) in [5.41, 5.74) is 0. The smallest absolute Gasteiger partial charge is 0.326 e. The fourth-order valence-corrected chi connectivity index (χ4v) is 2.29. The van der Waals surface area contributed by atoms with Gasteiger partial charge in [-0.3, -0.25) is 0 Å². The average Bonchev–Trinajstić information content (AvgIpc) is 2.61. The summed E-state index contributed by atoms with van der Waals surface area (Å²) in [4.78, 5) is 13.0. The van der Waals surface area contributed by atoms with Gasteiger partial charge in [-0.05, 0) is 38.5 Å². The summed E-state index contributed by atoms with van der Waals surface area (Å²) in [6.07, 6.45) is 5.61. The van der Waals surface area contributed by atoms with Crippen LogP contribution in [0, 0.1) is 0 Å².